The number of nitrogens with zero attached hydrogens (tertiary/aromatic N) is 1. The number of esters is 1. The van der Waals surface area contributed by atoms with Crippen molar-refractivity contribution in [2.75, 3.05) is 34.3 Å². The number of aliphatic hydroxyl groups excluding tert-OH is 1. The first kappa shape index (κ1) is 19.9. The molecule has 0 amide bonds. The second kappa shape index (κ2) is 8.67. The Morgan fingerprint density at radius 2 is 2.00 bits per heavy atom. The first-order valence-electron chi connectivity index (χ1n) is 4.13. The third-order valence-corrected chi connectivity index (χ3v) is 1.34. The summed E-state index contributed by atoms with van der Waals surface area (Å²) in [6.07, 6.45) is 0.461. The summed E-state index contributed by atoms with van der Waals surface area (Å²) in [5, 5.41) is 9.40. The van der Waals surface area contributed by atoms with Gasteiger partial charge in [0, 0.05) is 6.08 Å². The van der Waals surface area contributed by atoms with Gasteiger partial charge in [0.2, 0.25) is 0 Å². The van der Waals surface area contributed by atoms with Crippen LogP contribution in [0.2, 0.25) is 0 Å². The molecule has 0 aromatic rings. The lowest BCUT2D eigenvalue weighted by molar-refractivity contribution is -0.873. The number of hydrogen-bond donors (Lipinski definition) is 2. The molecular formula is C9H22ClN2O3+. The lowest BCUT2D eigenvalue weighted by Gasteiger charge is -2.26. The summed E-state index contributed by atoms with van der Waals surface area (Å²) in [5.41, 5.74) is 0. The molecule has 0 aliphatic heterocycles. The predicted octanol–water partition coefficient (Wildman–Crippen LogP) is 0.366. The van der Waals surface area contributed by atoms with E-state index in [9.17, 15) is 9.90 Å². The minimum absolute atomic E-state index is 0. The number of hydrogen-bond acceptors (Lipinski definition) is 4. The van der Waals surface area contributed by atoms with E-state index in [0.29, 0.717) is 11.0 Å². The fourth-order valence-corrected chi connectivity index (χ4v) is 0.922. The van der Waals surface area contributed by atoms with Crippen molar-refractivity contribution in [3.05, 3.63) is 12.7 Å². The minimum Gasteiger partial charge on any atom is -0.460 e. The molecule has 0 rings (SSSR count). The Labute approximate surface area is 97.3 Å². The highest BCUT2D eigenvalue weighted by Crippen LogP contribution is 1.95. The molecule has 6 heteroatoms. The Hall–Kier alpha value is -0.620. The van der Waals surface area contributed by atoms with E-state index in [1.165, 1.54) is 0 Å². The van der Waals surface area contributed by atoms with Crippen molar-refractivity contribution in [1.29, 1.82) is 0 Å². The van der Waals surface area contributed by atoms with Crippen LogP contribution in [-0.4, -0.2) is 56.0 Å². The molecule has 0 bridgehead atoms. The first-order chi connectivity index (χ1) is 5.85. The zero-order valence-corrected chi connectivity index (χ0v) is 10.4. The number of likely N-dealkylation sites (N-methyl/N-ethyl adjacent to an activating group) is 1. The van der Waals surface area contributed by atoms with Crippen molar-refractivity contribution in [1.82, 2.24) is 6.15 Å². The van der Waals surface area contributed by atoms with Crippen LogP contribution in [-0.2, 0) is 9.53 Å². The van der Waals surface area contributed by atoms with Gasteiger partial charge in [-0.25, -0.2) is 4.79 Å². The van der Waals surface area contributed by atoms with E-state index in [4.69, 9.17) is 0 Å². The van der Waals surface area contributed by atoms with E-state index in [0.717, 1.165) is 6.08 Å². The molecule has 1 unspecified atom stereocenters. The van der Waals surface area contributed by atoms with Gasteiger partial charge in [0.15, 0.2) is 0 Å². The maximum atomic E-state index is 10.6. The second-order valence-electron chi connectivity index (χ2n) is 3.96. The highest BCUT2D eigenvalue weighted by Gasteiger charge is 2.16. The summed E-state index contributed by atoms with van der Waals surface area (Å²) in [5.74, 6) is -0.500. The number of ether oxygens (including phenoxy) is 1. The number of carbonyl (C=O) groups is 1. The molecule has 15 heavy (non-hydrogen) atoms. The summed E-state index contributed by atoms with van der Waals surface area (Å²) >= 11 is 0. The van der Waals surface area contributed by atoms with Gasteiger partial charge in [-0.15, -0.1) is 12.4 Å². The maximum Gasteiger partial charge on any atom is 0.330 e. The van der Waals surface area contributed by atoms with Crippen LogP contribution in [0, 0.1) is 0 Å². The standard InChI is InChI=1S/C9H18NO3.ClH.H3N/c1-5-9(12)13-7-8(11)6-10(2,3)4;;/h5,8,11H,1,6-7H2,2-4H3;1H;1H3/q+1;;. The van der Waals surface area contributed by atoms with Gasteiger partial charge in [-0.05, 0) is 0 Å². The van der Waals surface area contributed by atoms with Gasteiger partial charge in [-0.1, -0.05) is 6.58 Å². The molecule has 0 aromatic carbocycles. The van der Waals surface area contributed by atoms with Gasteiger partial charge < -0.3 is 20.5 Å². The molecule has 5 nitrogen and oxygen atoms in total. The smallest absolute Gasteiger partial charge is 0.330 e. The maximum absolute atomic E-state index is 10.6. The summed E-state index contributed by atoms with van der Waals surface area (Å²) < 4.78 is 5.31. The van der Waals surface area contributed by atoms with Crippen LogP contribution in [0.25, 0.3) is 0 Å². The molecule has 0 aromatic heterocycles. The Balaban J connectivity index is -0.000000720. The first-order valence-corrected chi connectivity index (χ1v) is 4.13. The van der Waals surface area contributed by atoms with Crippen LogP contribution in [0.4, 0.5) is 0 Å². The van der Waals surface area contributed by atoms with Crippen LogP contribution in [0.1, 0.15) is 0 Å². The summed E-state index contributed by atoms with van der Waals surface area (Å²) in [7, 11) is 5.87. The van der Waals surface area contributed by atoms with Gasteiger partial charge >= 0.3 is 5.97 Å². The average molecular weight is 242 g/mol. The van der Waals surface area contributed by atoms with E-state index >= 15 is 0 Å². The van der Waals surface area contributed by atoms with Crippen molar-refractivity contribution in [3.63, 3.8) is 0 Å². The van der Waals surface area contributed by atoms with Crippen LogP contribution in [0.5, 0.6) is 0 Å². The molecule has 0 aliphatic rings. The Bertz CT molecular complexity index is 192. The molecule has 1 atom stereocenters. The fourth-order valence-electron chi connectivity index (χ4n) is 0.922. The monoisotopic (exact) mass is 241 g/mol. The zero-order chi connectivity index (χ0) is 10.5. The van der Waals surface area contributed by atoms with Crippen molar-refractivity contribution in [3.8, 4) is 0 Å². The SMILES string of the molecule is C=CC(=O)OCC(O)C[N+](C)(C)C.Cl.N. The van der Waals surface area contributed by atoms with Gasteiger partial charge in [-0.3, -0.25) is 0 Å². The molecule has 0 saturated carbocycles. The minimum atomic E-state index is -0.621. The molecule has 0 spiro atoms. The Morgan fingerprint density at radius 3 is 2.33 bits per heavy atom. The Kier molecular flexibility index (Phi) is 11.5. The molecule has 0 aliphatic carbocycles. The van der Waals surface area contributed by atoms with E-state index in [-0.39, 0.29) is 25.2 Å². The third kappa shape index (κ3) is 13.4. The molecule has 92 valence electrons. The third-order valence-electron chi connectivity index (χ3n) is 1.34. The molecule has 0 fully saturated rings. The quantitative estimate of drug-likeness (QED) is 0.414. The largest absolute Gasteiger partial charge is 0.460 e. The summed E-state index contributed by atoms with van der Waals surface area (Å²) in [6, 6.07) is 0. The number of rotatable bonds is 5. The molecular weight excluding hydrogens is 220 g/mol. The zero-order valence-electron chi connectivity index (χ0n) is 9.60. The normalized spacial score (nSPS) is 11.7. The lowest BCUT2D eigenvalue weighted by Crippen LogP contribution is -2.43. The van der Waals surface area contributed by atoms with Gasteiger partial charge in [0.1, 0.15) is 19.3 Å². The highest BCUT2D eigenvalue weighted by atomic mass is 35.5. The molecule has 0 saturated heterocycles. The van der Waals surface area contributed by atoms with Crippen LogP contribution in [0.3, 0.4) is 0 Å². The van der Waals surface area contributed by atoms with Crippen molar-refractivity contribution >= 4 is 18.4 Å². The van der Waals surface area contributed by atoms with E-state index < -0.39 is 12.1 Å². The van der Waals surface area contributed by atoms with Crippen LogP contribution < -0.4 is 6.15 Å². The second-order valence-corrected chi connectivity index (χ2v) is 3.96. The lowest BCUT2D eigenvalue weighted by atomic mass is 10.3. The Morgan fingerprint density at radius 1 is 1.53 bits per heavy atom. The van der Waals surface area contributed by atoms with E-state index in [2.05, 4.69) is 11.3 Å². The van der Waals surface area contributed by atoms with Crippen molar-refractivity contribution in [2.45, 2.75) is 6.10 Å². The molecule has 0 radical (unpaired) electrons. The van der Waals surface area contributed by atoms with E-state index in [1.54, 1.807) is 0 Å². The fraction of sp³-hybridized carbons (Fsp3) is 0.667. The highest BCUT2D eigenvalue weighted by molar-refractivity contribution is 5.85. The number of halogens is 1. The summed E-state index contributed by atoms with van der Waals surface area (Å²) in [4.78, 5) is 10.6. The van der Waals surface area contributed by atoms with Crippen LogP contribution in [0.15, 0.2) is 12.7 Å². The number of carbonyl (C=O) groups excluding carboxylic acids is 1. The number of quaternary nitrogens is 1. The van der Waals surface area contributed by atoms with Crippen LogP contribution >= 0.6 is 12.4 Å². The molecule has 4 N–H and O–H groups in total. The number of aliphatic hydroxyl groups is 1. The van der Waals surface area contributed by atoms with Crippen molar-refractivity contribution in [2.24, 2.45) is 0 Å². The van der Waals surface area contributed by atoms with Gasteiger partial charge in [0.25, 0.3) is 0 Å². The van der Waals surface area contributed by atoms with Gasteiger partial charge in [0.05, 0.1) is 21.1 Å². The van der Waals surface area contributed by atoms with Gasteiger partial charge in [-0.2, -0.15) is 0 Å². The summed E-state index contributed by atoms with van der Waals surface area (Å²) in [6.45, 7) is 3.83. The average Bonchev–Trinajstić information content (AvgIpc) is 1.97. The predicted molar refractivity (Wildman–Crippen MR) is 62.3 cm³/mol. The molecule has 0 heterocycles. The van der Waals surface area contributed by atoms with Crippen molar-refractivity contribution < 1.29 is 19.1 Å². The topological polar surface area (TPSA) is 81.5 Å². The van der Waals surface area contributed by atoms with E-state index in [1.807, 2.05) is 21.1 Å².